The van der Waals surface area contributed by atoms with Gasteiger partial charge in [0.15, 0.2) is 6.61 Å². The molecule has 1 atom stereocenters. The molecule has 2 rings (SSSR count). The van der Waals surface area contributed by atoms with E-state index in [-0.39, 0.29) is 18.4 Å². The van der Waals surface area contributed by atoms with Crippen molar-refractivity contribution in [2.24, 2.45) is 0 Å². The summed E-state index contributed by atoms with van der Waals surface area (Å²) in [6.45, 7) is 13.0. The molecule has 0 spiro atoms. The fourth-order valence-electron chi connectivity index (χ4n) is 3.81. The van der Waals surface area contributed by atoms with E-state index in [2.05, 4.69) is 24.4 Å². The van der Waals surface area contributed by atoms with Gasteiger partial charge in [0, 0.05) is 13.1 Å². The van der Waals surface area contributed by atoms with Crippen LogP contribution in [-0.2, 0) is 16.1 Å². The molecule has 0 aromatic heterocycles. The molecule has 0 unspecified atom stereocenters. The van der Waals surface area contributed by atoms with Crippen LogP contribution < -0.4 is 10.1 Å². The summed E-state index contributed by atoms with van der Waals surface area (Å²) in [5, 5.41) is 2.99. The Kier molecular flexibility index (Phi) is 9.76. The van der Waals surface area contributed by atoms with E-state index in [1.807, 2.05) is 58.9 Å². The molecule has 2 aromatic rings. The Morgan fingerprint density at radius 3 is 2.44 bits per heavy atom. The molecule has 0 saturated heterocycles. The summed E-state index contributed by atoms with van der Waals surface area (Å²) < 4.78 is 5.95. The largest absolute Gasteiger partial charge is 0.483 e. The predicted molar refractivity (Wildman–Crippen MR) is 130 cm³/mol. The first-order chi connectivity index (χ1) is 15.3. The third-order valence-electron chi connectivity index (χ3n) is 5.77. The molecule has 0 radical (unpaired) electrons. The summed E-state index contributed by atoms with van der Waals surface area (Å²) >= 11 is 0. The number of nitrogens with one attached hydrogen (secondary N) is 1. The fourth-order valence-corrected chi connectivity index (χ4v) is 3.81. The third-order valence-corrected chi connectivity index (χ3v) is 5.77. The van der Waals surface area contributed by atoms with Gasteiger partial charge in [0.2, 0.25) is 5.91 Å². The highest BCUT2D eigenvalue weighted by Crippen LogP contribution is 2.23. The monoisotopic (exact) mass is 438 g/mol. The Hall–Kier alpha value is -2.82. The summed E-state index contributed by atoms with van der Waals surface area (Å²) in [5.41, 5.74) is 5.37. The van der Waals surface area contributed by atoms with Gasteiger partial charge in [0.1, 0.15) is 11.8 Å². The van der Waals surface area contributed by atoms with Crippen molar-refractivity contribution in [3.8, 4) is 5.75 Å². The number of rotatable bonds is 11. The summed E-state index contributed by atoms with van der Waals surface area (Å²) in [7, 11) is 0. The molecule has 2 amide bonds. The average molecular weight is 439 g/mol. The zero-order valence-corrected chi connectivity index (χ0v) is 20.5. The number of carbonyl (C=O) groups is 2. The molecule has 1 N–H and O–H groups in total. The lowest BCUT2D eigenvalue weighted by atomic mass is 10.1. The molecular weight excluding hydrogens is 400 g/mol. The first kappa shape index (κ1) is 25.4. The van der Waals surface area contributed by atoms with Gasteiger partial charge in [-0.2, -0.15) is 0 Å². The molecule has 0 fully saturated rings. The van der Waals surface area contributed by atoms with Crippen molar-refractivity contribution in [1.29, 1.82) is 0 Å². The van der Waals surface area contributed by atoms with Gasteiger partial charge in [-0.1, -0.05) is 56.2 Å². The van der Waals surface area contributed by atoms with Crippen molar-refractivity contribution in [2.75, 3.05) is 13.2 Å². The van der Waals surface area contributed by atoms with Crippen LogP contribution in [0, 0.1) is 27.7 Å². The molecule has 0 aliphatic rings. The minimum atomic E-state index is -0.538. The van der Waals surface area contributed by atoms with Crippen molar-refractivity contribution in [1.82, 2.24) is 10.2 Å². The summed E-state index contributed by atoms with van der Waals surface area (Å²) in [6.07, 6.45) is 2.47. The normalized spacial score (nSPS) is 11.7. The molecule has 0 aliphatic carbocycles. The predicted octanol–water partition coefficient (Wildman–Crippen LogP) is 5.02. The van der Waals surface area contributed by atoms with Gasteiger partial charge in [0.25, 0.3) is 5.91 Å². The number of hydrogen-bond donors (Lipinski definition) is 1. The van der Waals surface area contributed by atoms with Crippen LogP contribution >= 0.6 is 0 Å². The molecular formula is C27H38N2O3. The topological polar surface area (TPSA) is 58.6 Å². The molecule has 32 heavy (non-hydrogen) atoms. The average Bonchev–Trinajstić information content (AvgIpc) is 2.75. The van der Waals surface area contributed by atoms with E-state index >= 15 is 0 Å². The fraction of sp³-hybridized carbons (Fsp3) is 0.481. The molecule has 5 nitrogen and oxygen atoms in total. The summed E-state index contributed by atoms with van der Waals surface area (Å²) in [4.78, 5) is 27.9. The maximum Gasteiger partial charge on any atom is 0.261 e. The number of nitrogens with zero attached hydrogens (tertiary/aromatic N) is 1. The van der Waals surface area contributed by atoms with Crippen molar-refractivity contribution < 1.29 is 14.3 Å². The van der Waals surface area contributed by atoms with E-state index in [9.17, 15) is 9.59 Å². The van der Waals surface area contributed by atoms with Crippen LogP contribution in [0.5, 0.6) is 5.75 Å². The maximum atomic E-state index is 13.3. The number of unbranched alkanes of at least 4 members (excludes halogenated alkanes) is 1. The van der Waals surface area contributed by atoms with Crippen LogP contribution in [0.2, 0.25) is 0 Å². The number of amides is 2. The van der Waals surface area contributed by atoms with Crippen LogP contribution in [0.3, 0.4) is 0 Å². The van der Waals surface area contributed by atoms with Gasteiger partial charge in [-0.15, -0.1) is 0 Å². The van der Waals surface area contributed by atoms with E-state index in [0.717, 1.165) is 40.7 Å². The third kappa shape index (κ3) is 7.11. The minimum absolute atomic E-state index is 0.103. The highest BCUT2D eigenvalue weighted by atomic mass is 16.5. The summed E-state index contributed by atoms with van der Waals surface area (Å²) in [6, 6.07) is 11.6. The number of aryl methyl sites for hydroxylation is 3. The van der Waals surface area contributed by atoms with Gasteiger partial charge in [-0.3, -0.25) is 9.59 Å². The first-order valence-corrected chi connectivity index (χ1v) is 11.6. The molecule has 0 bridgehead atoms. The number of benzene rings is 2. The van der Waals surface area contributed by atoms with Crippen molar-refractivity contribution >= 4 is 11.8 Å². The van der Waals surface area contributed by atoms with E-state index in [4.69, 9.17) is 4.74 Å². The van der Waals surface area contributed by atoms with E-state index in [0.29, 0.717) is 25.3 Å². The van der Waals surface area contributed by atoms with Gasteiger partial charge < -0.3 is 15.0 Å². The molecule has 5 heteroatoms. The Balaban J connectivity index is 2.23. The second-order valence-corrected chi connectivity index (χ2v) is 8.57. The van der Waals surface area contributed by atoms with Crippen LogP contribution in [0.25, 0.3) is 0 Å². The Labute approximate surface area is 193 Å². The lowest BCUT2D eigenvalue weighted by Crippen LogP contribution is -2.50. The Bertz CT molecular complexity index is 923. The molecule has 0 heterocycles. The first-order valence-electron chi connectivity index (χ1n) is 11.6. The lowest BCUT2D eigenvalue weighted by molar-refractivity contribution is -0.143. The standard InChI is InChI=1S/C27H38N2O3/c1-7-9-13-28-27(31)24(8-2)29(17-23-12-10-11-19(3)15-23)26(30)18-32-25-16-20(4)14-21(5)22(25)6/h10-12,14-16,24H,7-9,13,17-18H2,1-6H3,(H,28,31)/t24-/m1/s1. The summed E-state index contributed by atoms with van der Waals surface area (Å²) in [5.74, 6) is 0.416. The zero-order chi connectivity index (χ0) is 23.7. The van der Waals surface area contributed by atoms with Gasteiger partial charge in [-0.05, 0) is 68.9 Å². The van der Waals surface area contributed by atoms with Gasteiger partial charge >= 0.3 is 0 Å². The van der Waals surface area contributed by atoms with Crippen LogP contribution in [0.1, 0.15) is 60.9 Å². The SMILES string of the molecule is CCCCNC(=O)[C@@H](CC)N(Cc1cccc(C)c1)C(=O)COc1cc(C)cc(C)c1C. The molecule has 0 aliphatic heterocycles. The lowest BCUT2D eigenvalue weighted by Gasteiger charge is -2.31. The number of ether oxygens (including phenoxy) is 1. The highest BCUT2D eigenvalue weighted by molar-refractivity contribution is 5.88. The highest BCUT2D eigenvalue weighted by Gasteiger charge is 2.29. The van der Waals surface area contributed by atoms with E-state index < -0.39 is 6.04 Å². The van der Waals surface area contributed by atoms with Gasteiger partial charge in [0.05, 0.1) is 0 Å². The minimum Gasteiger partial charge on any atom is -0.483 e. The quantitative estimate of drug-likeness (QED) is 0.501. The van der Waals surface area contributed by atoms with E-state index in [1.54, 1.807) is 4.90 Å². The maximum absolute atomic E-state index is 13.3. The second kappa shape index (κ2) is 12.3. The van der Waals surface area contributed by atoms with Crippen LogP contribution in [0.15, 0.2) is 36.4 Å². The number of hydrogen-bond acceptors (Lipinski definition) is 3. The van der Waals surface area contributed by atoms with Crippen molar-refractivity contribution in [2.45, 2.75) is 73.4 Å². The van der Waals surface area contributed by atoms with E-state index in [1.165, 1.54) is 0 Å². The smallest absolute Gasteiger partial charge is 0.261 e. The molecule has 0 saturated carbocycles. The Morgan fingerprint density at radius 2 is 1.78 bits per heavy atom. The number of carbonyl (C=O) groups excluding carboxylic acids is 2. The second-order valence-electron chi connectivity index (χ2n) is 8.57. The zero-order valence-electron chi connectivity index (χ0n) is 20.5. The molecule has 2 aromatic carbocycles. The van der Waals surface area contributed by atoms with Crippen LogP contribution in [-0.4, -0.2) is 35.9 Å². The van der Waals surface area contributed by atoms with Crippen molar-refractivity contribution in [3.63, 3.8) is 0 Å². The van der Waals surface area contributed by atoms with Gasteiger partial charge in [-0.25, -0.2) is 0 Å². The Morgan fingerprint density at radius 1 is 1.03 bits per heavy atom. The van der Waals surface area contributed by atoms with Crippen molar-refractivity contribution in [3.05, 3.63) is 64.2 Å². The van der Waals surface area contributed by atoms with Crippen LogP contribution in [0.4, 0.5) is 0 Å². The molecule has 174 valence electrons.